The van der Waals surface area contributed by atoms with Gasteiger partial charge in [-0.25, -0.2) is 9.97 Å². The van der Waals surface area contributed by atoms with E-state index in [1.54, 1.807) is 12.5 Å². The number of fused-ring (bicyclic) bond motifs is 2. The van der Waals surface area contributed by atoms with E-state index in [1.165, 1.54) is 49.2 Å². The van der Waals surface area contributed by atoms with E-state index in [2.05, 4.69) is 98.1 Å². The van der Waals surface area contributed by atoms with Gasteiger partial charge in [-0.3, -0.25) is 4.57 Å². The number of aromatic nitrogens is 4. The van der Waals surface area contributed by atoms with E-state index in [-0.39, 0.29) is 0 Å². The predicted octanol–water partition coefficient (Wildman–Crippen LogP) is 6.11. The first-order valence-corrected chi connectivity index (χ1v) is 10.0. The van der Waals surface area contributed by atoms with Crippen molar-refractivity contribution < 1.29 is 0 Å². The average Bonchev–Trinajstić information content (AvgIpc) is 3.38. The van der Waals surface area contributed by atoms with Gasteiger partial charge in [0.1, 0.15) is 12.1 Å². The summed E-state index contributed by atoms with van der Waals surface area (Å²) in [4.78, 5) is 8.67. The number of rotatable bonds is 2. The maximum atomic E-state index is 4.56. The molecular weight excluding hydrogens is 368 g/mol. The van der Waals surface area contributed by atoms with Crippen LogP contribution >= 0.6 is 0 Å². The molecule has 0 aliphatic heterocycles. The van der Waals surface area contributed by atoms with E-state index in [0.717, 1.165) is 5.82 Å². The lowest BCUT2D eigenvalue weighted by Gasteiger charge is -2.10. The zero-order valence-corrected chi connectivity index (χ0v) is 16.0. The molecule has 4 aromatic carbocycles. The molecule has 0 amide bonds. The molecule has 4 heteroatoms. The average molecular weight is 384 g/mol. The minimum atomic E-state index is 0.886. The van der Waals surface area contributed by atoms with Gasteiger partial charge >= 0.3 is 0 Å². The summed E-state index contributed by atoms with van der Waals surface area (Å²) in [5.74, 6) is 0.886. The molecule has 0 radical (unpaired) electrons. The van der Waals surface area contributed by atoms with Crippen molar-refractivity contribution >= 4 is 43.5 Å². The van der Waals surface area contributed by atoms with Crippen molar-refractivity contribution in [2.24, 2.45) is 0 Å². The summed E-state index contributed by atoms with van der Waals surface area (Å²) in [6.07, 6.45) is 5.57. The Balaban J connectivity index is 1.72. The fourth-order valence-corrected chi connectivity index (χ4v) is 4.85. The molecule has 7 rings (SSSR count). The molecule has 0 aliphatic rings. The molecule has 3 aromatic heterocycles. The molecule has 3 heterocycles. The normalized spacial score (nSPS) is 12.0. The molecule has 0 bridgehead atoms. The minimum absolute atomic E-state index is 0.886. The molecule has 30 heavy (non-hydrogen) atoms. The highest BCUT2D eigenvalue weighted by atomic mass is 15.1. The van der Waals surface area contributed by atoms with Gasteiger partial charge in [-0.05, 0) is 41.8 Å². The van der Waals surface area contributed by atoms with Crippen molar-refractivity contribution in [2.75, 3.05) is 0 Å². The molecule has 0 spiro atoms. The van der Waals surface area contributed by atoms with Crippen LogP contribution in [0.15, 0.2) is 97.6 Å². The molecule has 0 aliphatic carbocycles. The second-order valence-electron chi connectivity index (χ2n) is 7.62. The molecule has 0 saturated carbocycles. The molecule has 0 fully saturated rings. The smallest absolute Gasteiger partial charge is 0.140 e. The van der Waals surface area contributed by atoms with Crippen LogP contribution in [0, 0.1) is 0 Å². The summed E-state index contributed by atoms with van der Waals surface area (Å²) in [6.45, 7) is 0. The van der Waals surface area contributed by atoms with E-state index < -0.39 is 0 Å². The Kier molecular flexibility index (Phi) is 2.97. The van der Waals surface area contributed by atoms with Gasteiger partial charge in [0, 0.05) is 39.6 Å². The lowest BCUT2D eigenvalue weighted by atomic mass is 10.0. The van der Waals surface area contributed by atoms with Crippen LogP contribution in [0.4, 0.5) is 0 Å². The van der Waals surface area contributed by atoms with Gasteiger partial charge in [0.2, 0.25) is 0 Å². The highest BCUT2D eigenvalue weighted by Crippen LogP contribution is 2.42. The van der Waals surface area contributed by atoms with Crippen molar-refractivity contribution in [3.63, 3.8) is 0 Å². The minimum Gasteiger partial charge on any atom is -0.316 e. The van der Waals surface area contributed by atoms with E-state index in [0.29, 0.717) is 0 Å². The third kappa shape index (κ3) is 1.95. The molecular formula is C26H16N4. The Morgan fingerprint density at radius 2 is 1.63 bits per heavy atom. The number of para-hydroxylation sites is 1. The summed E-state index contributed by atoms with van der Waals surface area (Å²) in [5, 5.41) is 6.28. The van der Waals surface area contributed by atoms with E-state index in [1.807, 2.05) is 6.07 Å². The fraction of sp³-hybridized carbons (Fsp3) is 0. The van der Waals surface area contributed by atoms with Gasteiger partial charge in [-0.1, -0.05) is 42.5 Å². The largest absolute Gasteiger partial charge is 0.316 e. The molecule has 0 saturated heterocycles. The van der Waals surface area contributed by atoms with E-state index >= 15 is 0 Å². The van der Waals surface area contributed by atoms with Crippen LogP contribution in [0.5, 0.6) is 0 Å². The number of hydrogen-bond donors (Lipinski definition) is 0. The topological polar surface area (TPSA) is 35.6 Å². The lowest BCUT2D eigenvalue weighted by molar-refractivity contribution is 1.04. The van der Waals surface area contributed by atoms with Crippen molar-refractivity contribution in [1.82, 2.24) is 19.1 Å². The number of benzene rings is 4. The summed E-state index contributed by atoms with van der Waals surface area (Å²) in [7, 11) is 0. The summed E-state index contributed by atoms with van der Waals surface area (Å²) >= 11 is 0. The molecule has 0 atom stereocenters. The van der Waals surface area contributed by atoms with Crippen molar-refractivity contribution in [2.45, 2.75) is 0 Å². The Morgan fingerprint density at radius 1 is 0.700 bits per heavy atom. The third-order valence-corrected chi connectivity index (χ3v) is 6.06. The van der Waals surface area contributed by atoms with E-state index in [4.69, 9.17) is 0 Å². The van der Waals surface area contributed by atoms with Gasteiger partial charge in [-0.15, -0.1) is 0 Å². The van der Waals surface area contributed by atoms with Crippen LogP contribution in [0.3, 0.4) is 0 Å². The van der Waals surface area contributed by atoms with Crippen LogP contribution in [0.25, 0.3) is 55.0 Å². The zero-order valence-electron chi connectivity index (χ0n) is 16.0. The Hall–Kier alpha value is -4.18. The first kappa shape index (κ1) is 15.7. The summed E-state index contributed by atoms with van der Waals surface area (Å²) in [5.41, 5.74) is 4.75. The number of nitrogens with zero attached hydrogens (tertiary/aromatic N) is 4. The number of hydrogen-bond acceptors (Lipinski definition) is 2. The Bertz CT molecular complexity index is 1670. The van der Waals surface area contributed by atoms with Gasteiger partial charge in [0.05, 0.1) is 16.6 Å². The second kappa shape index (κ2) is 5.67. The molecule has 0 N–H and O–H groups in total. The SMILES string of the molecule is c1ccc(-n2ccc3cc4c5c(ccc6cccc(c65)n4-c4ccncn4)c32)cc1. The standard InChI is InChI=1S/C26H16N4/c1-2-6-19(7-3-1)29-14-12-18-15-22-25-20(26(18)29)10-9-17-5-4-8-21(24(17)25)30(22)23-11-13-27-16-28-23/h1-16H. The van der Waals surface area contributed by atoms with Crippen LogP contribution in [0.1, 0.15) is 0 Å². The Labute approximate surface area is 172 Å². The quantitative estimate of drug-likeness (QED) is 0.337. The molecule has 140 valence electrons. The lowest BCUT2D eigenvalue weighted by Crippen LogP contribution is -1.97. The summed E-state index contributed by atoms with van der Waals surface area (Å²) < 4.78 is 4.54. The van der Waals surface area contributed by atoms with Gasteiger partial charge in [0.15, 0.2) is 0 Å². The van der Waals surface area contributed by atoms with Crippen molar-refractivity contribution in [3.8, 4) is 11.5 Å². The highest BCUT2D eigenvalue weighted by molar-refractivity contribution is 6.29. The van der Waals surface area contributed by atoms with Crippen LogP contribution in [-0.4, -0.2) is 19.1 Å². The Morgan fingerprint density at radius 3 is 2.50 bits per heavy atom. The fourth-order valence-electron chi connectivity index (χ4n) is 4.85. The monoisotopic (exact) mass is 384 g/mol. The van der Waals surface area contributed by atoms with Crippen LogP contribution in [0.2, 0.25) is 0 Å². The zero-order chi connectivity index (χ0) is 19.7. The molecule has 0 unspecified atom stereocenters. The molecule has 4 nitrogen and oxygen atoms in total. The predicted molar refractivity (Wildman–Crippen MR) is 122 cm³/mol. The third-order valence-electron chi connectivity index (χ3n) is 6.06. The maximum absolute atomic E-state index is 4.56. The highest BCUT2D eigenvalue weighted by Gasteiger charge is 2.20. The first-order chi connectivity index (χ1) is 14.9. The van der Waals surface area contributed by atoms with Gasteiger partial charge in [0.25, 0.3) is 0 Å². The molecule has 7 aromatic rings. The van der Waals surface area contributed by atoms with Crippen LogP contribution < -0.4 is 0 Å². The maximum Gasteiger partial charge on any atom is 0.140 e. The van der Waals surface area contributed by atoms with Crippen LogP contribution in [-0.2, 0) is 0 Å². The van der Waals surface area contributed by atoms with Crippen molar-refractivity contribution in [1.29, 1.82) is 0 Å². The van der Waals surface area contributed by atoms with Gasteiger partial charge in [-0.2, -0.15) is 0 Å². The van der Waals surface area contributed by atoms with Crippen molar-refractivity contribution in [3.05, 3.63) is 97.6 Å². The van der Waals surface area contributed by atoms with E-state index in [9.17, 15) is 0 Å². The van der Waals surface area contributed by atoms with Gasteiger partial charge < -0.3 is 4.57 Å². The summed E-state index contributed by atoms with van der Waals surface area (Å²) in [6, 6.07) is 28.0. The first-order valence-electron chi connectivity index (χ1n) is 10.0. The second-order valence-corrected chi connectivity index (χ2v) is 7.62.